The SMILES string of the molecule is O=C(CSc1n[nH]c(COc2ccc(Cl)cc2)n1)Nc1cccc(N2CCCC2=O)c1. The van der Waals surface area contributed by atoms with Gasteiger partial charge in [-0.15, -0.1) is 5.10 Å². The molecule has 1 aliphatic rings. The zero-order valence-electron chi connectivity index (χ0n) is 16.5. The number of thioether (sulfide) groups is 1. The smallest absolute Gasteiger partial charge is 0.234 e. The lowest BCUT2D eigenvalue weighted by Crippen LogP contribution is -2.23. The van der Waals surface area contributed by atoms with Gasteiger partial charge in [-0.2, -0.15) is 0 Å². The number of carbonyl (C=O) groups excluding carboxylic acids is 2. The van der Waals surface area contributed by atoms with E-state index in [0.717, 1.165) is 12.1 Å². The van der Waals surface area contributed by atoms with Crippen LogP contribution in [-0.2, 0) is 16.2 Å². The monoisotopic (exact) mass is 457 g/mol. The molecule has 10 heteroatoms. The maximum atomic E-state index is 12.3. The molecule has 0 aliphatic carbocycles. The highest BCUT2D eigenvalue weighted by Crippen LogP contribution is 2.24. The van der Waals surface area contributed by atoms with Crippen LogP contribution in [0.15, 0.2) is 53.7 Å². The first kappa shape index (κ1) is 21.2. The number of halogens is 1. The van der Waals surface area contributed by atoms with Crippen molar-refractivity contribution in [3.05, 3.63) is 59.4 Å². The van der Waals surface area contributed by atoms with Crippen molar-refractivity contribution in [1.29, 1.82) is 0 Å². The number of rotatable bonds is 8. The summed E-state index contributed by atoms with van der Waals surface area (Å²) in [6.07, 6.45) is 1.42. The number of H-pyrrole nitrogens is 1. The summed E-state index contributed by atoms with van der Waals surface area (Å²) in [6.45, 7) is 0.935. The van der Waals surface area contributed by atoms with Crippen LogP contribution in [0, 0.1) is 0 Å². The van der Waals surface area contributed by atoms with Crippen LogP contribution in [0.1, 0.15) is 18.7 Å². The summed E-state index contributed by atoms with van der Waals surface area (Å²) in [5, 5.41) is 10.8. The quantitative estimate of drug-likeness (QED) is 0.498. The number of hydrogen-bond acceptors (Lipinski definition) is 6. The molecule has 2 aromatic carbocycles. The average molecular weight is 458 g/mol. The van der Waals surface area contributed by atoms with Gasteiger partial charge in [0, 0.05) is 29.4 Å². The van der Waals surface area contributed by atoms with Crippen LogP contribution in [0.3, 0.4) is 0 Å². The first-order chi connectivity index (χ1) is 15.1. The molecule has 1 aromatic heterocycles. The van der Waals surface area contributed by atoms with Gasteiger partial charge in [-0.25, -0.2) is 4.98 Å². The molecule has 2 amide bonds. The number of carbonyl (C=O) groups is 2. The Bertz CT molecular complexity index is 1070. The van der Waals surface area contributed by atoms with E-state index in [1.165, 1.54) is 11.8 Å². The highest BCUT2D eigenvalue weighted by molar-refractivity contribution is 7.99. The summed E-state index contributed by atoms with van der Waals surface area (Å²) in [6, 6.07) is 14.3. The van der Waals surface area contributed by atoms with E-state index in [2.05, 4.69) is 20.5 Å². The van der Waals surface area contributed by atoms with E-state index < -0.39 is 0 Å². The van der Waals surface area contributed by atoms with E-state index in [-0.39, 0.29) is 24.2 Å². The van der Waals surface area contributed by atoms with Crippen LogP contribution < -0.4 is 15.0 Å². The minimum absolute atomic E-state index is 0.111. The highest BCUT2D eigenvalue weighted by atomic mass is 35.5. The van der Waals surface area contributed by atoms with Crippen molar-refractivity contribution in [2.24, 2.45) is 0 Å². The third kappa shape index (κ3) is 5.77. The number of anilines is 2. The Morgan fingerprint density at radius 2 is 2.10 bits per heavy atom. The second-order valence-corrected chi connectivity index (χ2v) is 8.22. The highest BCUT2D eigenvalue weighted by Gasteiger charge is 2.21. The zero-order valence-corrected chi connectivity index (χ0v) is 18.1. The van der Waals surface area contributed by atoms with Gasteiger partial charge in [-0.05, 0) is 48.9 Å². The molecular weight excluding hydrogens is 438 g/mol. The van der Waals surface area contributed by atoms with Crippen LogP contribution in [-0.4, -0.2) is 39.3 Å². The summed E-state index contributed by atoms with van der Waals surface area (Å²) >= 11 is 7.07. The number of ether oxygens (including phenoxy) is 1. The Hall–Kier alpha value is -3.04. The second kappa shape index (κ2) is 9.84. The molecule has 8 nitrogen and oxygen atoms in total. The molecule has 1 aliphatic heterocycles. The van der Waals surface area contributed by atoms with Crippen molar-refractivity contribution in [1.82, 2.24) is 15.2 Å². The van der Waals surface area contributed by atoms with Gasteiger partial charge in [0.1, 0.15) is 12.4 Å². The van der Waals surface area contributed by atoms with Crippen molar-refractivity contribution in [3.63, 3.8) is 0 Å². The molecule has 0 bridgehead atoms. The van der Waals surface area contributed by atoms with E-state index >= 15 is 0 Å². The molecule has 31 heavy (non-hydrogen) atoms. The maximum absolute atomic E-state index is 12.3. The standard InChI is InChI=1S/C21H20ClN5O3S/c22-14-6-8-17(9-7-14)30-12-18-24-21(26-25-18)31-13-19(28)23-15-3-1-4-16(11-15)27-10-2-5-20(27)29/h1,3-4,6-9,11H,2,5,10,12-13H2,(H,23,28)(H,24,25,26). The number of aromatic nitrogens is 3. The number of benzene rings is 2. The summed E-state index contributed by atoms with van der Waals surface area (Å²) in [4.78, 5) is 30.3. The average Bonchev–Trinajstić information content (AvgIpc) is 3.41. The minimum Gasteiger partial charge on any atom is -0.486 e. The number of nitrogens with zero attached hydrogens (tertiary/aromatic N) is 3. The minimum atomic E-state index is -0.182. The third-order valence-corrected chi connectivity index (χ3v) is 5.65. The lowest BCUT2D eigenvalue weighted by atomic mass is 10.2. The Balaban J connectivity index is 1.25. The molecule has 1 saturated heterocycles. The fourth-order valence-corrected chi connectivity index (χ4v) is 3.83. The summed E-state index contributed by atoms with van der Waals surface area (Å²) < 4.78 is 5.62. The fraction of sp³-hybridized carbons (Fsp3) is 0.238. The van der Waals surface area contributed by atoms with Crippen molar-refractivity contribution >= 4 is 46.6 Å². The van der Waals surface area contributed by atoms with E-state index in [9.17, 15) is 9.59 Å². The second-order valence-electron chi connectivity index (χ2n) is 6.84. The molecule has 0 unspecified atom stereocenters. The predicted octanol–water partition coefficient (Wildman–Crippen LogP) is 3.89. The van der Waals surface area contributed by atoms with Crippen LogP contribution >= 0.6 is 23.4 Å². The molecule has 4 rings (SSSR count). The number of aromatic amines is 1. The van der Waals surface area contributed by atoms with Gasteiger partial charge < -0.3 is 15.0 Å². The van der Waals surface area contributed by atoms with Gasteiger partial charge in [0.2, 0.25) is 17.0 Å². The third-order valence-electron chi connectivity index (χ3n) is 4.55. The topological polar surface area (TPSA) is 100 Å². The van der Waals surface area contributed by atoms with E-state index in [1.807, 2.05) is 18.2 Å². The maximum Gasteiger partial charge on any atom is 0.234 e. The molecule has 160 valence electrons. The summed E-state index contributed by atoms with van der Waals surface area (Å²) in [7, 11) is 0. The molecule has 3 aromatic rings. The van der Waals surface area contributed by atoms with Gasteiger partial charge in [0.05, 0.1) is 5.75 Å². The lowest BCUT2D eigenvalue weighted by Gasteiger charge is -2.16. The summed E-state index contributed by atoms with van der Waals surface area (Å²) in [5.41, 5.74) is 1.45. The van der Waals surface area contributed by atoms with Crippen LogP contribution in [0.2, 0.25) is 5.02 Å². The normalized spacial score (nSPS) is 13.5. The first-order valence-electron chi connectivity index (χ1n) is 9.69. The zero-order chi connectivity index (χ0) is 21.6. The molecule has 0 atom stereocenters. The Morgan fingerprint density at radius 3 is 2.87 bits per heavy atom. The summed E-state index contributed by atoms with van der Waals surface area (Å²) in [5.74, 6) is 1.31. The van der Waals surface area contributed by atoms with Crippen LogP contribution in [0.5, 0.6) is 5.75 Å². The molecule has 2 N–H and O–H groups in total. The van der Waals surface area contributed by atoms with Crippen molar-refractivity contribution < 1.29 is 14.3 Å². The van der Waals surface area contributed by atoms with Gasteiger partial charge in [-0.3, -0.25) is 14.7 Å². The van der Waals surface area contributed by atoms with Crippen molar-refractivity contribution in [3.8, 4) is 5.75 Å². The molecule has 0 radical (unpaired) electrons. The predicted molar refractivity (Wildman–Crippen MR) is 120 cm³/mol. The lowest BCUT2D eigenvalue weighted by molar-refractivity contribution is -0.117. The van der Waals surface area contributed by atoms with Gasteiger partial charge >= 0.3 is 0 Å². The molecule has 0 saturated carbocycles. The van der Waals surface area contributed by atoms with E-state index in [1.54, 1.807) is 35.2 Å². The van der Waals surface area contributed by atoms with Crippen molar-refractivity contribution in [2.45, 2.75) is 24.6 Å². The molecule has 1 fully saturated rings. The molecular formula is C21H20ClN5O3S. The van der Waals surface area contributed by atoms with Gasteiger partial charge in [0.25, 0.3) is 0 Å². The number of amides is 2. The van der Waals surface area contributed by atoms with E-state index in [0.29, 0.717) is 40.4 Å². The van der Waals surface area contributed by atoms with Gasteiger partial charge in [-0.1, -0.05) is 29.4 Å². The Labute approximate surface area is 188 Å². The fourth-order valence-electron chi connectivity index (χ4n) is 3.09. The number of nitrogens with one attached hydrogen (secondary N) is 2. The van der Waals surface area contributed by atoms with Crippen LogP contribution in [0.4, 0.5) is 11.4 Å². The largest absolute Gasteiger partial charge is 0.486 e. The number of hydrogen-bond donors (Lipinski definition) is 2. The molecule has 0 spiro atoms. The van der Waals surface area contributed by atoms with E-state index in [4.69, 9.17) is 16.3 Å². The van der Waals surface area contributed by atoms with Crippen LogP contribution in [0.25, 0.3) is 0 Å². The van der Waals surface area contributed by atoms with Crippen molar-refractivity contribution in [2.75, 3.05) is 22.5 Å². The Kier molecular flexibility index (Phi) is 6.73. The molecule has 2 heterocycles. The first-order valence-corrected chi connectivity index (χ1v) is 11.1. The van der Waals surface area contributed by atoms with Gasteiger partial charge in [0.15, 0.2) is 5.82 Å². The Morgan fingerprint density at radius 1 is 1.26 bits per heavy atom.